The van der Waals surface area contributed by atoms with Gasteiger partial charge in [-0.2, -0.15) is 0 Å². The maximum atomic E-state index is 3.50. The summed E-state index contributed by atoms with van der Waals surface area (Å²) in [6.07, 6.45) is 3.93. The molecule has 0 aliphatic carbocycles. The van der Waals surface area contributed by atoms with Crippen LogP contribution < -0.4 is 5.32 Å². The van der Waals surface area contributed by atoms with Crippen LogP contribution in [-0.4, -0.2) is 30.6 Å². The smallest absolute Gasteiger partial charge is 0.0236 e. The Morgan fingerprint density at radius 1 is 1.30 bits per heavy atom. The summed E-state index contributed by atoms with van der Waals surface area (Å²) in [5, 5.41) is 3.50. The third-order valence-electron chi connectivity index (χ3n) is 4.50. The Morgan fingerprint density at radius 3 is 2.65 bits per heavy atom. The molecular formula is C18H30N2. The van der Waals surface area contributed by atoms with Crippen LogP contribution >= 0.6 is 0 Å². The van der Waals surface area contributed by atoms with Crippen LogP contribution in [-0.2, 0) is 6.54 Å². The molecule has 0 amide bonds. The van der Waals surface area contributed by atoms with E-state index in [1.165, 1.54) is 36.9 Å². The van der Waals surface area contributed by atoms with E-state index in [0.29, 0.717) is 5.92 Å². The zero-order chi connectivity index (χ0) is 14.4. The van der Waals surface area contributed by atoms with Crippen LogP contribution in [0.15, 0.2) is 24.3 Å². The highest BCUT2D eigenvalue weighted by atomic mass is 15.2. The van der Waals surface area contributed by atoms with Crippen LogP contribution in [0.5, 0.6) is 0 Å². The van der Waals surface area contributed by atoms with Gasteiger partial charge in [-0.25, -0.2) is 0 Å². The van der Waals surface area contributed by atoms with Gasteiger partial charge >= 0.3 is 0 Å². The molecule has 0 bridgehead atoms. The van der Waals surface area contributed by atoms with Crippen LogP contribution in [0.25, 0.3) is 0 Å². The summed E-state index contributed by atoms with van der Waals surface area (Å²) in [5.74, 6) is 0.598. The molecular weight excluding hydrogens is 244 g/mol. The van der Waals surface area contributed by atoms with E-state index in [2.05, 4.69) is 55.3 Å². The van der Waals surface area contributed by atoms with E-state index in [1.807, 2.05) is 0 Å². The summed E-state index contributed by atoms with van der Waals surface area (Å²) in [4.78, 5) is 2.60. The topological polar surface area (TPSA) is 15.3 Å². The van der Waals surface area contributed by atoms with E-state index >= 15 is 0 Å². The van der Waals surface area contributed by atoms with Gasteiger partial charge in [0.2, 0.25) is 0 Å². The molecule has 0 aromatic heterocycles. The van der Waals surface area contributed by atoms with Crippen molar-refractivity contribution in [2.45, 2.75) is 58.5 Å². The van der Waals surface area contributed by atoms with Crippen LogP contribution in [0.4, 0.5) is 0 Å². The average Bonchev–Trinajstić information content (AvgIpc) is 2.85. The maximum Gasteiger partial charge on any atom is 0.0236 e. The number of likely N-dealkylation sites (tertiary alicyclic amines) is 1. The van der Waals surface area contributed by atoms with E-state index in [-0.39, 0.29) is 0 Å². The number of hydrogen-bond donors (Lipinski definition) is 1. The maximum absolute atomic E-state index is 3.50. The second-order valence-electron chi connectivity index (χ2n) is 6.31. The van der Waals surface area contributed by atoms with Crippen molar-refractivity contribution in [3.05, 3.63) is 35.4 Å². The molecule has 20 heavy (non-hydrogen) atoms. The number of benzene rings is 1. The second-order valence-corrected chi connectivity index (χ2v) is 6.31. The second kappa shape index (κ2) is 7.80. The molecule has 0 saturated carbocycles. The van der Waals surface area contributed by atoms with Crippen LogP contribution in [0.1, 0.15) is 57.1 Å². The first kappa shape index (κ1) is 15.5. The Hall–Kier alpha value is -0.860. The van der Waals surface area contributed by atoms with Gasteiger partial charge in [0.05, 0.1) is 0 Å². The first-order valence-electron chi connectivity index (χ1n) is 8.24. The highest BCUT2D eigenvalue weighted by Crippen LogP contribution is 2.21. The summed E-state index contributed by atoms with van der Waals surface area (Å²) >= 11 is 0. The molecule has 2 atom stereocenters. The van der Waals surface area contributed by atoms with Gasteiger partial charge in [-0.3, -0.25) is 4.90 Å². The van der Waals surface area contributed by atoms with Crippen molar-refractivity contribution in [1.29, 1.82) is 0 Å². The fraction of sp³-hybridized carbons (Fsp3) is 0.667. The van der Waals surface area contributed by atoms with E-state index in [4.69, 9.17) is 0 Å². The fourth-order valence-corrected chi connectivity index (χ4v) is 3.03. The minimum Gasteiger partial charge on any atom is -0.316 e. The lowest BCUT2D eigenvalue weighted by Gasteiger charge is -2.21. The first-order chi connectivity index (χ1) is 9.70. The lowest BCUT2D eigenvalue weighted by molar-refractivity contribution is 0.260. The normalized spacial score (nSPS) is 21.2. The molecule has 2 rings (SSSR count). The van der Waals surface area contributed by atoms with Crippen LogP contribution in [0.3, 0.4) is 0 Å². The minimum absolute atomic E-state index is 0.598. The van der Waals surface area contributed by atoms with E-state index in [9.17, 15) is 0 Å². The van der Waals surface area contributed by atoms with Gasteiger partial charge in [-0.15, -0.1) is 0 Å². The van der Waals surface area contributed by atoms with E-state index in [0.717, 1.165) is 25.7 Å². The molecule has 1 aromatic carbocycles. The Labute approximate surface area is 124 Å². The van der Waals surface area contributed by atoms with E-state index < -0.39 is 0 Å². The number of nitrogens with zero attached hydrogens (tertiary/aromatic N) is 1. The molecule has 0 spiro atoms. The summed E-state index contributed by atoms with van der Waals surface area (Å²) in [6, 6.07) is 10.0. The molecule has 2 nitrogen and oxygen atoms in total. The molecule has 1 aliphatic rings. The molecule has 1 saturated heterocycles. The third kappa shape index (κ3) is 4.32. The molecule has 2 heteroatoms. The van der Waals surface area contributed by atoms with Gasteiger partial charge < -0.3 is 5.32 Å². The molecule has 2 unspecified atom stereocenters. The van der Waals surface area contributed by atoms with Crippen LogP contribution in [0, 0.1) is 0 Å². The predicted octanol–water partition coefficient (Wildman–Crippen LogP) is 3.77. The molecule has 1 N–H and O–H groups in total. The van der Waals surface area contributed by atoms with Gasteiger partial charge in [0.25, 0.3) is 0 Å². The molecule has 1 aliphatic heterocycles. The third-order valence-corrected chi connectivity index (χ3v) is 4.50. The number of rotatable bonds is 7. The van der Waals surface area contributed by atoms with Crippen molar-refractivity contribution < 1.29 is 0 Å². The largest absolute Gasteiger partial charge is 0.316 e. The van der Waals surface area contributed by atoms with Gasteiger partial charge in [0, 0.05) is 19.1 Å². The van der Waals surface area contributed by atoms with Gasteiger partial charge in [-0.05, 0) is 56.3 Å². The van der Waals surface area contributed by atoms with Gasteiger partial charge in [0.1, 0.15) is 0 Å². The quantitative estimate of drug-likeness (QED) is 0.761. The standard InChI is InChI=1S/C18H30N2/c1-4-11-19-13-15(2)18-9-7-17(8-10-18)14-20-12-5-6-16(20)3/h7-10,15-16,19H,4-6,11-14H2,1-3H3. The van der Waals surface area contributed by atoms with Crippen molar-refractivity contribution in [3.63, 3.8) is 0 Å². The average molecular weight is 274 g/mol. The minimum atomic E-state index is 0.598. The number of nitrogens with one attached hydrogen (secondary N) is 1. The molecule has 1 fully saturated rings. The number of hydrogen-bond acceptors (Lipinski definition) is 2. The Kier molecular flexibility index (Phi) is 6.06. The van der Waals surface area contributed by atoms with E-state index in [1.54, 1.807) is 0 Å². The SMILES string of the molecule is CCCNCC(C)c1ccc(CN2CCCC2C)cc1. The van der Waals surface area contributed by atoms with Crippen molar-refractivity contribution >= 4 is 0 Å². The van der Waals surface area contributed by atoms with Crippen molar-refractivity contribution in [2.75, 3.05) is 19.6 Å². The molecule has 0 radical (unpaired) electrons. The zero-order valence-corrected chi connectivity index (χ0v) is 13.4. The van der Waals surface area contributed by atoms with Crippen molar-refractivity contribution in [1.82, 2.24) is 10.2 Å². The highest BCUT2D eigenvalue weighted by Gasteiger charge is 2.19. The Bertz CT molecular complexity index is 385. The van der Waals surface area contributed by atoms with Gasteiger partial charge in [-0.1, -0.05) is 38.1 Å². The molecule has 1 heterocycles. The van der Waals surface area contributed by atoms with Gasteiger partial charge in [0.15, 0.2) is 0 Å². The predicted molar refractivity (Wildman–Crippen MR) is 87.1 cm³/mol. The summed E-state index contributed by atoms with van der Waals surface area (Å²) < 4.78 is 0. The van der Waals surface area contributed by atoms with Crippen LogP contribution in [0.2, 0.25) is 0 Å². The lowest BCUT2D eigenvalue weighted by atomic mass is 9.99. The van der Waals surface area contributed by atoms with Crippen molar-refractivity contribution in [3.8, 4) is 0 Å². The first-order valence-corrected chi connectivity index (χ1v) is 8.24. The summed E-state index contributed by atoms with van der Waals surface area (Å²) in [7, 11) is 0. The Balaban J connectivity index is 1.85. The fourth-order valence-electron chi connectivity index (χ4n) is 3.03. The van der Waals surface area contributed by atoms with Crippen molar-refractivity contribution in [2.24, 2.45) is 0 Å². The Morgan fingerprint density at radius 2 is 2.05 bits per heavy atom. The monoisotopic (exact) mass is 274 g/mol. The lowest BCUT2D eigenvalue weighted by Crippen LogP contribution is -2.26. The summed E-state index contributed by atoms with van der Waals surface area (Å²) in [6.45, 7) is 11.4. The molecule has 1 aromatic rings. The zero-order valence-electron chi connectivity index (χ0n) is 13.4. The molecule has 112 valence electrons. The summed E-state index contributed by atoms with van der Waals surface area (Å²) in [5.41, 5.74) is 2.91. The highest BCUT2D eigenvalue weighted by molar-refractivity contribution is 5.25.